The van der Waals surface area contributed by atoms with E-state index < -0.39 is 11.9 Å². The Kier molecular flexibility index (Phi) is 9.41. The first-order chi connectivity index (χ1) is 18.6. The van der Waals surface area contributed by atoms with E-state index in [0.29, 0.717) is 44.0 Å². The second kappa shape index (κ2) is 12.6. The Hall–Kier alpha value is -2.81. The van der Waals surface area contributed by atoms with Crippen molar-refractivity contribution < 1.29 is 29.0 Å². The number of ether oxygens (including phenoxy) is 2. The van der Waals surface area contributed by atoms with Crippen LogP contribution in [0.4, 0.5) is 0 Å². The summed E-state index contributed by atoms with van der Waals surface area (Å²) in [6, 6.07) is 5.27. The van der Waals surface area contributed by atoms with Crippen molar-refractivity contribution in [2.75, 3.05) is 46.1 Å². The normalized spacial score (nSPS) is 23.9. The summed E-state index contributed by atoms with van der Waals surface area (Å²) >= 11 is 0. The van der Waals surface area contributed by atoms with E-state index in [2.05, 4.69) is 32.6 Å². The molecule has 0 aromatic heterocycles. The summed E-state index contributed by atoms with van der Waals surface area (Å²) in [5.74, 6) is -0.438. The molecule has 4 rings (SSSR count). The van der Waals surface area contributed by atoms with Crippen molar-refractivity contribution >= 4 is 17.8 Å². The van der Waals surface area contributed by atoms with Crippen molar-refractivity contribution in [2.24, 2.45) is 11.3 Å². The molecule has 1 aromatic carbocycles. The zero-order chi connectivity index (χ0) is 28.2. The third-order valence-electron chi connectivity index (χ3n) is 8.41. The lowest BCUT2D eigenvalue weighted by Crippen LogP contribution is -2.45. The van der Waals surface area contributed by atoms with Gasteiger partial charge in [-0.25, -0.2) is 0 Å². The summed E-state index contributed by atoms with van der Waals surface area (Å²) in [6.45, 7) is 11.8. The fourth-order valence-electron chi connectivity index (χ4n) is 6.34. The van der Waals surface area contributed by atoms with Gasteiger partial charge in [0.05, 0.1) is 12.5 Å². The number of unbranched alkanes of at least 4 members (excludes halogenated alkanes) is 2. The number of fused-ring (bicyclic) bond motifs is 1. The molecule has 0 saturated carbocycles. The van der Waals surface area contributed by atoms with Gasteiger partial charge in [-0.15, -0.1) is 0 Å². The fraction of sp³-hybridized carbons (Fsp3) is 0.700. The summed E-state index contributed by atoms with van der Waals surface area (Å²) in [5.41, 5.74) is 0.793. The number of aliphatic carboxylic acids is 1. The minimum Gasteiger partial charge on any atom is -0.481 e. The molecule has 3 aliphatic rings. The van der Waals surface area contributed by atoms with Crippen molar-refractivity contribution in [3.8, 4) is 11.5 Å². The van der Waals surface area contributed by atoms with Gasteiger partial charge in [0.25, 0.3) is 0 Å². The molecule has 0 spiro atoms. The highest BCUT2D eigenvalue weighted by Gasteiger charge is 2.48. The molecule has 1 N–H and O–H groups in total. The summed E-state index contributed by atoms with van der Waals surface area (Å²) in [4.78, 5) is 44.9. The van der Waals surface area contributed by atoms with Gasteiger partial charge in [-0.2, -0.15) is 0 Å². The Morgan fingerprint density at radius 2 is 1.79 bits per heavy atom. The first-order valence-electron chi connectivity index (χ1n) is 14.6. The molecule has 3 atom stereocenters. The molecule has 9 heteroatoms. The summed E-state index contributed by atoms with van der Waals surface area (Å²) in [5, 5.41) is 10.5. The van der Waals surface area contributed by atoms with E-state index in [0.717, 1.165) is 44.3 Å². The topological polar surface area (TPSA) is 99.6 Å². The van der Waals surface area contributed by atoms with Gasteiger partial charge in [0.1, 0.15) is 0 Å². The number of hydrogen-bond acceptors (Lipinski definition) is 6. The molecular weight excluding hydrogens is 498 g/mol. The molecule has 0 aliphatic carbocycles. The quantitative estimate of drug-likeness (QED) is 0.402. The second-order valence-electron chi connectivity index (χ2n) is 12.1. The minimum atomic E-state index is -0.875. The van der Waals surface area contributed by atoms with E-state index in [1.54, 1.807) is 0 Å². The Morgan fingerprint density at radius 1 is 1.10 bits per heavy atom. The number of carboxylic acid groups (broad SMARTS) is 1. The van der Waals surface area contributed by atoms with Crippen LogP contribution in [0.5, 0.6) is 11.5 Å². The molecule has 39 heavy (non-hydrogen) atoms. The van der Waals surface area contributed by atoms with Gasteiger partial charge in [-0.3, -0.25) is 19.3 Å². The Morgan fingerprint density at radius 3 is 2.41 bits per heavy atom. The number of carboxylic acids is 1. The van der Waals surface area contributed by atoms with Crippen LogP contribution >= 0.6 is 0 Å². The van der Waals surface area contributed by atoms with Crippen LogP contribution in [-0.4, -0.2) is 89.7 Å². The average molecular weight is 544 g/mol. The number of amides is 2. The fourth-order valence-corrected chi connectivity index (χ4v) is 6.34. The standard InChI is InChI=1S/C30H45N3O6/c1-5-7-12-31(13-8-6-2)27(35)18-33-17-22(21-9-10-24-25(15-21)39-20-38-24)28(29(36)37)23(33)11-14-32-19-30(3,4)16-26(32)34/h9-10,15,22-23,28H,5-8,11-14,16-20H2,1-4H3,(H,36,37). The van der Waals surface area contributed by atoms with E-state index in [4.69, 9.17) is 9.47 Å². The van der Waals surface area contributed by atoms with Crippen molar-refractivity contribution in [3.05, 3.63) is 23.8 Å². The predicted octanol–water partition coefficient (Wildman–Crippen LogP) is 3.96. The maximum atomic E-state index is 13.6. The van der Waals surface area contributed by atoms with Crippen LogP contribution in [0.2, 0.25) is 0 Å². The lowest BCUT2D eigenvalue weighted by molar-refractivity contribution is -0.144. The monoisotopic (exact) mass is 543 g/mol. The smallest absolute Gasteiger partial charge is 0.308 e. The molecule has 2 amide bonds. The lowest BCUT2D eigenvalue weighted by Gasteiger charge is -2.31. The zero-order valence-electron chi connectivity index (χ0n) is 24.0. The molecule has 1 aromatic rings. The van der Waals surface area contributed by atoms with Crippen LogP contribution in [0, 0.1) is 11.3 Å². The number of benzene rings is 1. The van der Waals surface area contributed by atoms with E-state index in [1.165, 1.54) is 0 Å². The van der Waals surface area contributed by atoms with Gasteiger partial charge in [-0.1, -0.05) is 46.6 Å². The molecule has 3 aliphatic heterocycles. The molecule has 2 saturated heterocycles. The molecule has 216 valence electrons. The number of rotatable bonds is 13. The zero-order valence-corrected chi connectivity index (χ0v) is 24.0. The first-order valence-corrected chi connectivity index (χ1v) is 14.6. The highest BCUT2D eigenvalue weighted by molar-refractivity contribution is 5.80. The molecule has 9 nitrogen and oxygen atoms in total. The molecule has 2 fully saturated rings. The van der Waals surface area contributed by atoms with Crippen molar-refractivity contribution in [1.82, 2.24) is 14.7 Å². The third-order valence-corrected chi connectivity index (χ3v) is 8.41. The second-order valence-corrected chi connectivity index (χ2v) is 12.1. The number of carbonyl (C=O) groups excluding carboxylic acids is 2. The number of hydrogen-bond donors (Lipinski definition) is 1. The molecule has 0 radical (unpaired) electrons. The van der Waals surface area contributed by atoms with Crippen LogP contribution in [0.1, 0.15) is 77.7 Å². The summed E-state index contributed by atoms with van der Waals surface area (Å²) in [6.07, 6.45) is 4.93. The van der Waals surface area contributed by atoms with Crippen LogP contribution in [-0.2, 0) is 14.4 Å². The van der Waals surface area contributed by atoms with Gasteiger partial charge in [0, 0.05) is 51.1 Å². The molecule has 0 bridgehead atoms. The van der Waals surface area contributed by atoms with Crippen LogP contribution < -0.4 is 9.47 Å². The molecular formula is C30H45N3O6. The van der Waals surface area contributed by atoms with Crippen LogP contribution in [0.25, 0.3) is 0 Å². The van der Waals surface area contributed by atoms with Crippen molar-refractivity contribution in [1.29, 1.82) is 0 Å². The van der Waals surface area contributed by atoms with E-state index in [-0.39, 0.29) is 42.5 Å². The Bertz CT molecular complexity index is 1040. The largest absolute Gasteiger partial charge is 0.481 e. The predicted molar refractivity (Wildman–Crippen MR) is 148 cm³/mol. The summed E-state index contributed by atoms with van der Waals surface area (Å²) < 4.78 is 11.0. The molecule has 3 unspecified atom stereocenters. The van der Waals surface area contributed by atoms with Gasteiger partial charge in [0.2, 0.25) is 18.6 Å². The lowest BCUT2D eigenvalue weighted by atomic mass is 9.84. The Balaban J connectivity index is 1.58. The third kappa shape index (κ3) is 6.86. The van der Waals surface area contributed by atoms with Crippen LogP contribution in [0.3, 0.4) is 0 Å². The number of nitrogens with zero attached hydrogens (tertiary/aromatic N) is 3. The number of likely N-dealkylation sites (tertiary alicyclic amines) is 2. The molecule has 3 heterocycles. The van der Waals surface area contributed by atoms with E-state index in [1.807, 2.05) is 28.0 Å². The highest BCUT2D eigenvalue weighted by Crippen LogP contribution is 2.43. The summed E-state index contributed by atoms with van der Waals surface area (Å²) in [7, 11) is 0. The van der Waals surface area contributed by atoms with Crippen molar-refractivity contribution in [3.63, 3.8) is 0 Å². The average Bonchev–Trinajstić information content (AvgIpc) is 3.56. The maximum absolute atomic E-state index is 13.6. The van der Waals surface area contributed by atoms with Gasteiger partial charge in [0.15, 0.2) is 11.5 Å². The highest BCUT2D eigenvalue weighted by atomic mass is 16.7. The van der Waals surface area contributed by atoms with E-state index >= 15 is 0 Å². The number of carbonyl (C=O) groups is 3. The SMILES string of the molecule is CCCCN(CCCC)C(=O)CN1CC(c2ccc3c(c2)OCO3)C(C(=O)O)C1CCN1CC(C)(C)CC1=O. The van der Waals surface area contributed by atoms with Gasteiger partial charge < -0.3 is 24.4 Å². The van der Waals surface area contributed by atoms with Crippen LogP contribution in [0.15, 0.2) is 18.2 Å². The van der Waals surface area contributed by atoms with Gasteiger partial charge in [-0.05, 0) is 42.4 Å². The van der Waals surface area contributed by atoms with Gasteiger partial charge >= 0.3 is 5.97 Å². The Labute approximate surface area is 232 Å². The maximum Gasteiger partial charge on any atom is 0.308 e. The minimum absolute atomic E-state index is 0.0516. The van der Waals surface area contributed by atoms with Crippen molar-refractivity contribution in [2.45, 2.75) is 78.2 Å². The first kappa shape index (κ1) is 29.2. The van der Waals surface area contributed by atoms with E-state index in [9.17, 15) is 19.5 Å².